The number of benzene rings is 1. The molecule has 1 aliphatic carbocycles. The molecule has 0 bridgehead atoms. The maximum Gasteiger partial charge on any atom is 0.305 e. The van der Waals surface area contributed by atoms with Gasteiger partial charge in [-0.25, -0.2) is 4.68 Å². The number of carbonyl (C=O) groups is 2. The first kappa shape index (κ1) is 21.6. The standard InChI is InChI=1S/C25H33N3O3/c1-17-23(12-13-24(29)31-3)18(2)28(26-17)22-10-8-20(9-11-22)25(30)27-15-14-19-6-4-5-7-21(19)16-27/h8-11,19,21H,4-7,12-16H2,1-3H3/t19-,21+/m0/s1. The second-order valence-corrected chi connectivity index (χ2v) is 9.03. The molecule has 6 nitrogen and oxygen atoms in total. The summed E-state index contributed by atoms with van der Waals surface area (Å²) >= 11 is 0. The van der Waals surface area contributed by atoms with Crippen LogP contribution >= 0.6 is 0 Å². The van der Waals surface area contributed by atoms with Gasteiger partial charge in [-0.15, -0.1) is 0 Å². The third kappa shape index (κ3) is 4.53. The van der Waals surface area contributed by atoms with Gasteiger partial charge in [0.25, 0.3) is 5.91 Å². The highest BCUT2D eigenvalue weighted by Crippen LogP contribution is 2.36. The Morgan fingerprint density at radius 2 is 1.77 bits per heavy atom. The monoisotopic (exact) mass is 423 g/mol. The molecule has 2 heterocycles. The number of carbonyl (C=O) groups excluding carboxylic acids is 2. The van der Waals surface area contributed by atoms with Crippen molar-refractivity contribution in [1.29, 1.82) is 0 Å². The smallest absolute Gasteiger partial charge is 0.305 e. The van der Waals surface area contributed by atoms with Gasteiger partial charge in [-0.1, -0.05) is 19.3 Å². The predicted molar refractivity (Wildman–Crippen MR) is 119 cm³/mol. The minimum atomic E-state index is -0.216. The number of esters is 1. The lowest BCUT2D eigenvalue weighted by Crippen LogP contribution is -2.44. The van der Waals surface area contributed by atoms with Crippen LogP contribution in [0, 0.1) is 25.7 Å². The summed E-state index contributed by atoms with van der Waals surface area (Å²) in [6, 6.07) is 7.75. The number of fused-ring (bicyclic) bond motifs is 1. The molecule has 2 atom stereocenters. The molecule has 0 radical (unpaired) electrons. The van der Waals surface area contributed by atoms with Crippen molar-refractivity contribution >= 4 is 11.9 Å². The zero-order valence-electron chi connectivity index (χ0n) is 18.9. The Morgan fingerprint density at radius 3 is 2.48 bits per heavy atom. The number of amides is 1. The van der Waals surface area contributed by atoms with E-state index in [1.807, 2.05) is 42.8 Å². The van der Waals surface area contributed by atoms with E-state index in [0.717, 1.165) is 53.6 Å². The van der Waals surface area contributed by atoms with Crippen molar-refractivity contribution in [3.63, 3.8) is 0 Å². The number of hydrogen-bond acceptors (Lipinski definition) is 4. The van der Waals surface area contributed by atoms with E-state index in [2.05, 4.69) is 10.00 Å². The molecular formula is C25H33N3O3. The Bertz CT molecular complexity index is 948. The highest BCUT2D eigenvalue weighted by Gasteiger charge is 2.33. The summed E-state index contributed by atoms with van der Waals surface area (Å²) in [5, 5.41) is 4.66. The van der Waals surface area contributed by atoms with Crippen molar-refractivity contribution in [3.05, 3.63) is 46.8 Å². The van der Waals surface area contributed by atoms with E-state index in [-0.39, 0.29) is 11.9 Å². The molecule has 0 spiro atoms. The molecule has 1 saturated heterocycles. The summed E-state index contributed by atoms with van der Waals surface area (Å²) in [5.41, 5.74) is 4.66. The second-order valence-electron chi connectivity index (χ2n) is 9.03. The molecule has 4 rings (SSSR count). The van der Waals surface area contributed by atoms with Crippen LogP contribution in [0.2, 0.25) is 0 Å². The maximum atomic E-state index is 13.1. The van der Waals surface area contributed by atoms with E-state index in [1.54, 1.807) is 0 Å². The molecular weight excluding hydrogens is 390 g/mol. The molecule has 6 heteroatoms. The van der Waals surface area contributed by atoms with Crippen LogP contribution < -0.4 is 0 Å². The lowest BCUT2D eigenvalue weighted by atomic mass is 9.75. The third-order valence-electron chi connectivity index (χ3n) is 7.19. The van der Waals surface area contributed by atoms with Crippen molar-refractivity contribution < 1.29 is 14.3 Å². The molecule has 1 saturated carbocycles. The van der Waals surface area contributed by atoms with Crippen LogP contribution in [0.4, 0.5) is 0 Å². The molecule has 1 aliphatic heterocycles. The minimum Gasteiger partial charge on any atom is -0.469 e. The van der Waals surface area contributed by atoms with E-state index in [4.69, 9.17) is 4.74 Å². The zero-order valence-corrected chi connectivity index (χ0v) is 18.9. The summed E-state index contributed by atoms with van der Waals surface area (Å²) in [4.78, 5) is 26.6. The molecule has 0 unspecified atom stereocenters. The van der Waals surface area contributed by atoms with Crippen molar-refractivity contribution in [2.75, 3.05) is 20.2 Å². The number of aromatic nitrogens is 2. The van der Waals surface area contributed by atoms with Gasteiger partial charge in [0.15, 0.2) is 0 Å². The molecule has 1 aromatic heterocycles. The number of ether oxygens (including phenoxy) is 1. The molecule has 2 fully saturated rings. The van der Waals surface area contributed by atoms with Crippen molar-refractivity contribution in [2.45, 2.75) is 58.8 Å². The quantitative estimate of drug-likeness (QED) is 0.675. The lowest BCUT2D eigenvalue weighted by Gasteiger charge is -2.41. The van der Waals surface area contributed by atoms with Crippen LogP contribution in [-0.2, 0) is 16.0 Å². The molecule has 0 N–H and O–H groups in total. The van der Waals surface area contributed by atoms with Gasteiger partial charge in [-0.3, -0.25) is 9.59 Å². The van der Waals surface area contributed by atoms with Crippen LogP contribution in [0.5, 0.6) is 0 Å². The van der Waals surface area contributed by atoms with Crippen LogP contribution in [0.3, 0.4) is 0 Å². The summed E-state index contributed by atoms with van der Waals surface area (Å²) in [7, 11) is 1.41. The summed E-state index contributed by atoms with van der Waals surface area (Å²) in [6.45, 7) is 5.76. The number of hydrogen-bond donors (Lipinski definition) is 0. The van der Waals surface area contributed by atoms with E-state index in [1.165, 1.54) is 32.8 Å². The normalized spacial score (nSPS) is 20.9. The molecule has 166 valence electrons. The third-order valence-corrected chi connectivity index (χ3v) is 7.19. The fourth-order valence-electron chi connectivity index (χ4n) is 5.33. The van der Waals surface area contributed by atoms with Crippen LogP contribution in [0.25, 0.3) is 5.69 Å². The number of piperidine rings is 1. The van der Waals surface area contributed by atoms with Gasteiger partial charge in [0.1, 0.15) is 0 Å². The van der Waals surface area contributed by atoms with Gasteiger partial charge in [0.2, 0.25) is 0 Å². The fraction of sp³-hybridized carbons (Fsp3) is 0.560. The molecule has 1 amide bonds. The first-order valence-corrected chi connectivity index (χ1v) is 11.5. The van der Waals surface area contributed by atoms with Crippen LogP contribution in [0.1, 0.15) is 65.8 Å². The molecule has 31 heavy (non-hydrogen) atoms. The fourth-order valence-corrected chi connectivity index (χ4v) is 5.33. The number of aryl methyl sites for hydroxylation is 1. The Kier molecular flexibility index (Phi) is 6.44. The lowest BCUT2D eigenvalue weighted by molar-refractivity contribution is -0.140. The van der Waals surface area contributed by atoms with Crippen LogP contribution in [-0.4, -0.2) is 46.8 Å². The Morgan fingerprint density at radius 1 is 1.06 bits per heavy atom. The van der Waals surface area contributed by atoms with E-state index >= 15 is 0 Å². The number of rotatable bonds is 5. The molecule has 1 aromatic carbocycles. The van der Waals surface area contributed by atoms with Gasteiger partial charge < -0.3 is 9.64 Å². The van der Waals surface area contributed by atoms with Gasteiger partial charge in [-0.05, 0) is 74.8 Å². The largest absolute Gasteiger partial charge is 0.469 e. The topological polar surface area (TPSA) is 64.4 Å². The SMILES string of the molecule is COC(=O)CCc1c(C)nn(-c2ccc(C(=O)N3CC[C@@H]4CCCC[C@@H]4C3)cc2)c1C. The summed E-state index contributed by atoms with van der Waals surface area (Å²) in [5.74, 6) is 1.43. The van der Waals surface area contributed by atoms with Crippen LogP contribution in [0.15, 0.2) is 24.3 Å². The van der Waals surface area contributed by atoms with Crippen molar-refractivity contribution in [3.8, 4) is 5.69 Å². The highest BCUT2D eigenvalue weighted by molar-refractivity contribution is 5.94. The van der Waals surface area contributed by atoms with Gasteiger partial charge in [0, 0.05) is 30.8 Å². The van der Waals surface area contributed by atoms with E-state index in [9.17, 15) is 9.59 Å². The maximum absolute atomic E-state index is 13.1. The van der Waals surface area contributed by atoms with Crippen molar-refractivity contribution in [1.82, 2.24) is 14.7 Å². The first-order valence-electron chi connectivity index (χ1n) is 11.5. The van der Waals surface area contributed by atoms with Gasteiger partial charge in [0.05, 0.1) is 18.5 Å². The predicted octanol–water partition coefficient (Wildman–Crippen LogP) is 4.25. The van der Waals surface area contributed by atoms with E-state index in [0.29, 0.717) is 18.8 Å². The van der Waals surface area contributed by atoms with Gasteiger partial charge >= 0.3 is 5.97 Å². The molecule has 2 aromatic rings. The summed E-state index contributed by atoms with van der Waals surface area (Å²) in [6.07, 6.45) is 7.37. The highest BCUT2D eigenvalue weighted by atomic mass is 16.5. The number of nitrogens with zero attached hydrogens (tertiary/aromatic N) is 3. The number of methoxy groups -OCH3 is 1. The number of likely N-dealkylation sites (tertiary alicyclic amines) is 1. The van der Waals surface area contributed by atoms with Crippen molar-refractivity contribution in [2.24, 2.45) is 11.8 Å². The first-order chi connectivity index (χ1) is 15.0. The minimum absolute atomic E-state index is 0.141. The average molecular weight is 424 g/mol. The summed E-state index contributed by atoms with van der Waals surface area (Å²) < 4.78 is 6.65. The van der Waals surface area contributed by atoms with E-state index < -0.39 is 0 Å². The average Bonchev–Trinajstić information content (AvgIpc) is 3.09. The zero-order chi connectivity index (χ0) is 22.0. The Balaban J connectivity index is 1.46. The Hall–Kier alpha value is -2.63. The van der Waals surface area contributed by atoms with Gasteiger partial charge in [-0.2, -0.15) is 5.10 Å². The molecule has 2 aliphatic rings. The second kappa shape index (κ2) is 9.25. The Labute approximate surface area is 184 Å².